The molecule has 0 amide bonds. The Hall–Kier alpha value is -3.19. The smallest absolute Gasteiger partial charge is 0.232 e. The zero-order valence-electron chi connectivity index (χ0n) is 13.3. The van der Waals surface area contributed by atoms with Crippen molar-refractivity contribution in [1.29, 1.82) is 0 Å². The number of aryl methyl sites for hydroxylation is 2. The highest BCUT2D eigenvalue weighted by Crippen LogP contribution is 2.41. The van der Waals surface area contributed by atoms with E-state index in [0.717, 1.165) is 22.2 Å². The Bertz CT molecular complexity index is 1150. The third kappa shape index (κ3) is 1.99. The lowest BCUT2D eigenvalue weighted by Crippen LogP contribution is -2.30. The molecular weight excluding hydrogens is 303 g/mol. The molecule has 0 aliphatic carbocycles. The van der Waals surface area contributed by atoms with Gasteiger partial charge in [-0.15, -0.1) is 0 Å². The monoisotopic (exact) mass is 317 g/mol. The minimum absolute atomic E-state index is 0.197. The molecule has 24 heavy (non-hydrogen) atoms. The number of halogens is 1. The number of pyridine rings is 1. The fraction of sp³-hybridized carbons (Fsp3) is 0.100. The zero-order valence-corrected chi connectivity index (χ0v) is 13.3. The molecule has 4 aromatic rings. The Morgan fingerprint density at radius 1 is 1.17 bits per heavy atom. The highest BCUT2D eigenvalue weighted by atomic mass is 19.1. The third-order valence-electron chi connectivity index (χ3n) is 4.32. The van der Waals surface area contributed by atoms with Crippen molar-refractivity contribution in [1.82, 2.24) is 0 Å². The summed E-state index contributed by atoms with van der Waals surface area (Å²) in [5.41, 5.74) is 4.37. The minimum Gasteiger partial charge on any atom is -0.467 e. The predicted molar refractivity (Wildman–Crippen MR) is 91.3 cm³/mol. The van der Waals surface area contributed by atoms with Crippen molar-refractivity contribution in [3.63, 3.8) is 0 Å². The Kier molecular flexibility index (Phi) is 3.10. The van der Waals surface area contributed by atoms with E-state index in [-0.39, 0.29) is 5.69 Å². The number of furan rings is 1. The summed E-state index contributed by atoms with van der Waals surface area (Å²) in [5, 5.41) is 1.48. The standard InChI is InChI=1S/C20H14FN2O/c1-12-7-8-17-19(18(12)16-6-4-5-9-23(16)3)14-10-13(21)11-15(22-2)20(14)24-17/h4-11H,1,3H3/q+1. The van der Waals surface area contributed by atoms with Crippen LogP contribution in [0.25, 0.3) is 38.0 Å². The maximum absolute atomic E-state index is 14.0. The number of benzene rings is 2. The maximum Gasteiger partial charge on any atom is 0.232 e. The van der Waals surface area contributed by atoms with Crippen LogP contribution in [0, 0.1) is 19.3 Å². The van der Waals surface area contributed by atoms with Gasteiger partial charge >= 0.3 is 0 Å². The lowest BCUT2D eigenvalue weighted by atomic mass is 9.98. The summed E-state index contributed by atoms with van der Waals surface area (Å²) >= 11 is 0. The van der Waals surface area contributed by atoms with Crippen LogP contribution in [0.1, 0.15) is 5.56 Å². The highest BCUT2D eigenvalue weighted by Gasteiger charge is 2.21. The molecule has 116 valence electrons. The van der Waals surface area contributed by atoms with Crippen LogP contribution in [0.5, 0.6) is 0 Å². The summed E-state index contributed by atoms with van der Waals surface area (Å²) in [4.78, 5) is 3.41. The summed E-state index contributed by atoms with van der Waals surface area (Å²) in [6.45, 7) is 9.31. The van der Waals surface area contributed by atoms with Crippen molar-refractivity contribution in [2.75, 3.05) is 0 Å². The third-order valence-corrected chi connectivity index (χ3v) is 4.32. The van der Waals surface area contributed by atoms with Crippen molar-refractivity contribution >= 4 is 27.6 Å². The molecule has 2 heterocycles. The molecule has 4 heteroatoms. The van der Waals surface area contributed by atoms with E-state index < -0.39 is 5.82 Å². The van der Waals surface area contributed by atoms with E-state index in [9.17, 15) is 4.39 Å². The second kappa shape index (κ2) is 5.17. The van der Waals surface area contributed by atoms with Crippen LogP contribution >= 0.6 is 0 Å². The number of hydrogen-bond acceptors (Lipinski definition) is 1. The second-order valence-electron chi connectivity index (χ2n) is 5.84. The second-order valence-corrected chi connectivity index (χ2v) is 5.84. The van der Waals surface area contributed by atoms with Crippen LogP contribution in [-0.4, -0.2) is 0 Å². The number of nitrogens with zero attached hydrogens (tertiary/aromatic N) is 2. The molecule has 0 unspecified atom stereocenters. The van der Waals surface area contributed by atoms with Gasteiger partial charge in [0, 0.05) is 22.9 Å². The molecule has 0 aliphatic rings. The predicted octanol–water partition coefficient (Wildman–Crippen LogP) is 5.08. The molecule has 4 rings (SSSR count). The Labute approximate surface area is 138 Å². The first-order chi connectivity index (χ1) is 11.6. The van der Waals surface area contributed by atoms with Crippen molar-refractivity contribution < 1.29 is 13.4 Å². The first-order valence-electron chi connectivity index (χ1n) is 7.58. The molecule has 0 fully saturated rings. The van der Waals surface area contributed by atoms with Gasteiger partial charge in [0.1, 0.15) is 24.0 Å². The maximum atomic E-state index is 14.0. The molecule has 0 spiro atoms. The molecule has 0 bridgehead atoms. The molecule has 0 saturated carbocycles. The van der Waals surface area contributed by atoms with E-state index in [2.05, 4.69) is 4.85 Å². The van der Waals surface area contributed by atoms with Gasteiger partial charge in [-0.1, -0.05) is 6.07 Å². The largest absolute Gasteiger partial charge is 0.467 e. The summed E-state index contributed by atoms with van der Waals surface area (Å²) < 4.78 is 21.9. The van der Waals surface area contributed by atoms with Crippen molar-refractivity contribution in [3.05, 3.63) is 71.5 Å². The number of rotatable bonds is 1. The van der Waals surface area contributed by atoms with Gasteiger partial charge in [-0.25, -0.2) is 13.8 Å². The molecule has 0 N–H and O–H groups in total. The molecular formula is C20H14FN2O+. The minimum atomic E-state index is -0.430. The van der Waals surface area contributed by atoms with E-state index in [0.29, 0.717) is 16.6 Å². The van der Waals surface area contributed by atoms with E-state index in [4.69, 9.17) is 11.0 Å². The van der Waals surface area contributed by atoms with Gasteiger partial charge < -0.3 is 4.42 Å². The van der Waals surface area contributed by atoms with Crippen LogP contribution in [0.15, 0.2) is 53.1 Å². The first-order valence-corrected chi connectivity index (χ1v) is 7.58. The lowest BCUT2D eigenvalue weighted by molar-refractivity contribution is -0.660. The molecule has 0 aliphatic heterocycles. The quantitative estimate of drug-likeness (QED) is 0.354. The molecule has 2 aromatic carbocycles. The van der Waals surface area contributed by atoms with E-state index in [1.54, 1.807) is 0 Å². The van der Waals surface area contributed by atoms with E-state index >= 15 is 0 Å². The van der Waals surface area contributed by atoms with Crippen LogP contribution in [0.3, 0.4) is 0 Å². The van der Waals surface area contributed by atoms with Gasteiger partial charge in [0.15, 0.2) is 6.20 Å². The van der Waals surface area contributed by atoms with Gasteiger partial charge in [0.05, 0.1) is 12.1 Å². The van der Waals surface area contributed by atoms with Gasteiger partial charge in [-0.05, 0) is 36.8 Å². The van der Waals surface area contributed by atoms with Gasteiger partial charge in [0.25, 0.3) is 0 Å². The summed E-state index contributed by atoms with van der Waals surface area (Å²) in [6, 6.07) is 12.5. The van der Waals surface area contributed by atoms with Crippen LogP contribution in [0.4, 0.5) is 10.1 Å². The van der Waals surface area contributed by atoms with E-state index in [1.165, 1.54) is 12.1 Å². The van der Waals surface area contributed by atoms with Gasteiger partial charge in [-0.2, -0.15) is 0 Å². The Balaban J connectivity index is 2.24. The fourth-order valence-corrected chi connectivity index (χ4v) is 3.22. The fourth-order valence-electron chi connectivity index (χ4n) is 3.22. The van der Waals surface area contributed by atoms with Crippen LogP contribution in [0.2, 0.25) is 0 Å². The summed E-state index contributed by atoms with van der Waals surface area (Å²) in [7, 11) is 1.97. The van der Waals surface area contributed by atoms with Gasteiger partial charge in [-0.3, -0.25) is 0 Å². The molecule has 0 saturated heterocycles. The average Bonchev–Trinajstić information content (AvgIpc) is 2.94. The molecule has 0 radical (unpaired) electrons. The summed E-state index contributed by atoms with van der Waals surface area (Å²) in [5.74, 6) is -0.430. The average molecular weight is 317 g/mol. The molecule has 3 nitrogen and oxygen atoms in total. The van der Waals surface area contributed by atoms with Gasteiger partial charge in [0.2, 0.25) is 11.4 Å². The van der Waals surface area contributed by atoms with E-state index in [1.807, 2.05) is 55.1 Å². The summed E-state index contributed by atoms with van der Waals surface area (Å²) in [6.07, 6.45) is 1.97. The number of aromatic nitrogens is 1. The normalized spacial score (nSPS) is 11.1. The van der Waals surface area contributed by atoms with Crippen LogP contribution in [-0.2, 0) is 7.05 Å². The number of fused-ring (bicyclic) bond motifs is 3. The molecule has 0 atom stereocenters. The number of hydrogen-bond donors (Lipinski definition) is 0. The van der Waals surface area contributed by atoms with Crippen LogP contribution < -0.4 is 4.57 Å². The highest BCUT2D eigenvalue weighted by molar-refractivity contribution is 6.15. The zero-order chi connectivity index (χ0) is 16.8. The van der Waals surface area contributed by atoms with Crippen molar-refractivity contribution in [2.24, 2.45) is 7.05 Å². The van der Waals surface area contributed by atoms with Crippen molar-refractivity contribution in [3.8, 4) is 11.3 Å². The SMILES string of the molecule is [C-]#[N+]c1cc(F)cc2c1oc1ccc(C)c(-c3cccc[n+]3C)c12. The topological polar surface area (TPSA) is 21.4 Å². The Morgan fingerprint density at radius 3 is 2.75 bits per heavy atom. The lowest BCUT2D eigenvalue weighted by Gasteiger charge is -2.06. The molecule has 2 aromatic heterocycles. The van der Waals surface area contributed by atoms with Crippen molar-refractivity contribution in [2.45, 2.75) is 6.92 Å². The first kappa shape index (κ1) is 14.4. The Morgan fingerprint density at radius 2 is 2.00 bits per heavy atom.